The number of likely N-dealkylation sites (tertiary alicyclic amines) is 1. The lowest BCUT2D eigenvalue weighted by Crippen LogP contribution is -2.44. The zero-order valence-corrected chi connectivity index (χ0v) is 11.1. The van der Waals surface area contributed by atoms with Crippen molar-refractivity contribution in [2.45, 2.75) is 20.3 Å². The van der Waals surface area contributed by atoms with Gasteiger partial charge in [-0.05, 0) is 12.3 Å². The van der Waals surface area contributed by atoms with E-state index in [2.05, 4.69) is 5.92 Å². The van der Waals surface area contributed by atoms with Crippen LogP contribution in [0.5, 0.6) is 0 Å². The Balaban J connectivity index is 2.79. The summed E-state index contributed by atoms with van der Waals surface area (Å²) in [6.45, 7) is 4.73. The van der Waals surface area contributed by atoms with Crippen LogP contribution < -0.4 is 0 Å². The van der Waals surface area contributed by atoms with Gasteiger partial charge in [-0.3, -0.25) is 4.79 Å². The number of carbonyl (C=O) groups is 2. The standard InChI is InChI=1S/C13H20N2O3/c1-5-7-14(4)12(18)15-8-6-13(9-15,10(2)3)11(16)17/h1,10H,6-9H2,2-4H3,(H,16,17). The molecule has 2 amide bonds. The highest BCUT2D eigenvalue weighted by Crippen LogP contribution is 2.38. The number of rotatable bonds is 3. The Hall–Kier alpha value is -1.70. The molecule has 0 saturated carbocycles. The number of hydrogen-bond acceptors (Lipinski definition) is 2. The molecule has 1 rings (SSSR count). The molecule has 0 spiro atoms. The molecule has 0 bridgehead atoms. The number of urea groups is 1. The molecule has 1 heterocycles. The van der Waals surface area contributed by atoms with Gasteiger partial charge >= 0.3 is 12.0 Å². The van der Waals surface area contributed by atoms with Crippen molar-refractivity contribution >= 4 is 12.0 Å². The maximum Gasteiger partial charge on any atom is 0.320 e. The fraction of sp³-hybridized carbons (Fsp3) is 0.692. The minimum Gasteiger partial charge on any atom is -0.481 e. The third kappa shape index (κ3) is 2.42. The molecule has 1 aliphatic heterocycles. The molecule has 0 aliphatic carbocycles. The molecule has 0 aromatic carbocycles. The number of carboxylic acids is 1. The second-order valence-corrected chi connectivity index (χ2v) is 5.13. The summed E-state index contributed by atoms with van der Waals surface area (Å²) in [6.07, 6.45) is 5.65. The van der Waals surface area contributed by atoms with Crippen LogP contribution in [0, 0.1) is 23.7 Å². The molecule has 1 atom stereocenters. The number of carbonyl (C=O) groups excluding carboxylic acids is 1. The molecule has 1 unspecified atom stereocenters. The minimum atomic E-state index is -0.827. The maximum atomic E-state index is 12.0. The summed E-state index contributed by atoms with van der Waals surface area (Å²) < 4.78 is 0. The summed E-state index contributed by atoms with van der Waals surface area (Å²) in [4.78, 5) is 26.5. The van der Waals surface area contributed by atoms with Crippen molar-refractivity contribution in [3.63, 3.8) is 0 Å². The Kier molecular flexibility index (Phi) is 4.23. The van der Waals surface area contributed by atoms with Gasteiger partial charge in [-0.1, -0.05) is 19.8 Å². The predicted molar refractivity (Wildman–Crippen MR) is 68.0 cm³/mol. The van der Waals surface area contributed by atoms with Gasteiger partial charge in [-0.2, -0.15) is 0 Å². The maximum absolute atomic E-state index is 12.0. The zero-order valence-electron chi connectivity index (χ0n) is 11.1. The van der Waals surface area contributed by atoms with E-state index >= 15 is 0 Å². The highest BCUT2D eigenvalue weighted by molar-refractivity contribution is 5.80. The lowest BCUT2D eigenvalue weighted by molar-refractivity contribution is -0.150. The zero-order chi connectivity index (χ0) is 13.9. The number of amides is 2. The van der Waals surface area contributed by atoms with E-state index < -0.39 is 11.4 Å². The highest BCUT2D eigenvalue weighted by atomic mass is 16.4. The quantitative estimate of drug-likeness (QED) is 0.765. The molecular formula is C13H20N2O3. The molecular weight excluding hydrogens is 232 g/mol. The average Bonchev–Trinajstić information content (AvgIpc) is 2.74. The highest BCUT2D eigenvalue weighted by Gasteiger charge is 2.48. The monoisotopic (exact) mass is 252 g/mol. The minimum absolute atomic E-state index is 0.00857. The molecule has 1 N–H and O–H groups in total. The molecule has 0 aromatic heterocycles. The normalized spacial score (nSPS) is 22.9. The molecule has 0 radical (unpaired) electrons. The summed E-state index contributed by atoms with van der Waals surface area (Å²) in [5, 5.41) is 9.39. The molecule has 100 valence electrons. The fourth-order valence-corrected chi connectivity index (χ4v) is 2.34. The van der Waals surface area contributed by atoms with Crippen LogP contribution in [0.4, 0.5) is 4.79 Å². The number of terminal acetylenes is 1. The van der Waals surface area contributed by atoms with Crippen LogP contribution in [0.15, 0.2) is 0 Å². The van der Waals surface area contributed by atoms with E-state index in [-0.39, 0.29) is 25.0 Å². The van der Waals surface area contributed by atoms with E-state index in [1.807, 2.05) is 13.8 Å². The van der Waals surface area contributed by atoms with E-state index in [9.17, 15) is 14.7 Å². The van der Waals surface area contributed by atoms with Crippen molar-refractivity contribution in [1.82, 2.24) is 9.80 Å². The van der Waals surface area contributed by atoms with Crippen molar-refractivity contribution in [2.24, 2.45) is 11.3 Å². The third-order valence-corrected chi connectivity index (χ3v) is 3.76. The predicted octanol–water partition coefficient (Wildman–Crippen LogP) is 1.10. The van der Waals surface area contributed by atoms with Crippen molar-refractivity contribution < 1.29 is 14.7 Å². The van der Waals surface area contributed by atoms with Crippen LogP contribution in [-0.2, 0) is 4.79 Å². The smallest absolute Gasteiger partial charge is 0.320 e. The molecule has 5 nitrogen and oxygen atoms in total. The summed E-state index contributed by atoms with van der Waals surface area (Å²) in [7, 11) is 1.62. The van der Waals surface area contributed by atoms with Gasteiger partial charge in [0.25, 0.3) is 0 Å². The molecule has 1 saturated heterocycles. The van der Waals surface area contributed by atoms with Gasteiger partial charge in [0.05, 0.1) is 12.0 Å². The van der Waals surface area contributed by atoms with Crippen LogP contribution in [-0.4, -0.2) is 53.6 Å². The number of aliphatic carboxylic acids is 1. The first-order valence-corrected chi connectivity index (χ1v) is 6.02. The largest absolute Gasteiger partial charge is 0.481 e. The Morgan fingerprint density at radius 1 is 1.56 bits per heavy atom. The third-order valence-electron chi connectivity index (χ3n) is 3.76. The molecule has 1 aliphatic rings. The summed E-state index contributed by atoms with van der Waals surface area (Å²) in [5.74, 6) is 1.57. The number of hydrogen-bond donors (Lipinski definition) is 1. The van der Waals surface area contributed by atoms with Crippen molar-refractivity contribution in [2.75, 3.05) is 26.7 Å². The van der Waals surface area contributed by atoms with Gasteiger partial charge < -0.3 is 14.9 Å². The van der Waals surface area contributed by atoms with Gasteiger partial charge in [0, 0.05) is 20.1 Å². The van der Waals surface area contributed by atoms with E-state index in [1.165, 1.54) is 4.90 Å². The van der Waals surface area contributed by atoms with Crippen LogP contribution in [0.25, 0.3) is 0 Å². The van der Waals surface area contributed by atoms with Crippen LogP contribution >= 0.6 is 0 Å². The van der Waals surface area contributed by atoms with Gasteiger partial charge in [0.15, 0.2) is 0 Å². The van der Waals surface area contributed by atoms with Gasteiger partial charge in [-0.15, -0.1) is 6.42 Å². The SMILES string of the molecule is C#CCN(C)C(=O)N1CCC(C(=O)O)(C(C)C)C1. The second kappa shape index (κ2) is 5.30. The van der Waals surface area contributed by atoms with E-state index in [0.717, 1.165) is 0 Å². The van der Waals surface area contributed by atoms with Crippen molar-refractivity contribution in [3.8, 4) is 12.3 Å². The van der Waals surface area contributed by atoms with Crippen LogP contribution in [0.3, 0.4) is 0 Å². The molecule has 0 aromatic rings. The summed E-state index contributed by atoms with van der Waals surface area (Å²) in [5.41, 5.74) is -0.827. The van der Waals surface area contributed by atoms with E-state index in [4.69, 9.17) is 6.42 Å². The average molecular weight is 252 g/mol. The molecule has 5 heteroatoms. The number of carboxylic acid groups (broad SMARTS) is 1. The summed E-state index contributed by atoms with van der Waals surface area (Å²) in [6, 6.07) is -0.197. The molecule has 1 fully saturated rings. The lowest BCUT2D eigenvalue weighted by Gasteiger charge is -2.29. The topological polar surface area (TPSA) is 60.9 Å². The fourth-order valence-electron chi connectivity index (χ4n) is 2.34. The Morgan fingerprint density at radius 2 is 2.17 bits per heavy atom. The summed E-state index contributed by atoms with van der Waals surface area (Å²) >= 11 is 0. The van der Waals surface area contributed by atoms with Gasteiger partial charge in [0.1, 0.15) is 0 Å². The van der Waals surface area contributed by atoms with Gasteiger partial charge in [-0.25, -0.2) is 4.79 Å². The Labute approximate surface area is 108 Å². The number of nitrogens with zero attached hydrogens (tertiary/aromatic N) is 2. The first-order chi connectivity index (χ1) is 8.35. The van der Waals surface area contributed by atoms with E-state index in [1.54, 1.807) is 11.9 Å². The van der Waals surface area contributed by atoms with Crippen LogP contribution in [0.1, 0.15) is 20.3 Å². The van der Waals surface area contributed by atoms with Crippen molar-refractivity contribution in [3.05, 3.63) is 0 Å². The second-order valence-electron chi connectivity index (χ2n) is 5.13. The Bertz CT molecular complexity index is 386. The lowest BCUT2D eigenvalue weighted by atomic mass is 9.76. The van der Waals surface area contributed by atoms with Crippen LogP contribution in [0.2, 0.25) is 0 Å². The van der Waals surface area contributed by atoms with E-state index in [0.29, 0.717) is 13.0 Å². The first-order valence-electron chi connectivity index (χ1n) is 6.02. The Morgan fingerprint density at radius 3 is 2.56 bits per heavy atom. The molecule has 18 heavy (non-hydrogen) atoms. The van der Waals surface area contributed by atoms with Gasteiger partial charge in [0.2, 0.25) is 0 Å². The van der Waals surface area contributed by atoms with Crippen molar-refractivity contribution in [1.29, 1.82) is 0 Å². The first kappa shape index (κ1) is 14.4.